The molecule has 0 radical (unpaired) electrons. The van der Waals surface area contributed by atoms with Gasteiger partial charge in [0.1, 0.15) is 0 Å². The second kappa shape index (κ2) is 9.37. The molecule has 0 amide bonds. The number of hydrogen-bond acceptors (Lipinski definition) is 4. The molecule has 4 rings (SSSR count). The van der Waals surface area contributed by atoms with Gasteiger partial charge in [-0.2, -0.15) is 0 Å². The molecule has 2 N–H and O–H groups in total. The minimum Gasteiger partial charge on any atom is -0.389 e. The number of benzene rings is 3. The molecule has 1 aromatic heterocycles. The predicted molar refractivity (Wildman–Crippen MR) is 116 cm³/mol. The van der Waals surface area contributed by atoms with Crippen molar-refractivity contribution in [3.8, 4) is 0 Å². The van der Waals surface area contributed by atoms with E-state index < -0.39 is 6.10 Å². The minimum absolute atomic E-state index is 0.263. The molecule has 0 saturated carbocycles. The highest BCUT2D eigenvalue weighted by atomic mass is 16.5. The Morgan fingerprint density at radius 1 is 0.862 bits per heavy atom. The Bertz CT molecular complexity index is 1030. The first-order chi connectivity index (χ1) is 14.3. The van der Waals surface area contributed by atoms with E-state index in [1.54, 1.807) is 0 Å². The second-order valence-corrected chi connectivity index (χ2v) is 7.03. The van der Waals surface area contributed by atoms with Crippen molar-refractivity contribution in [2.75, 3.05) is 11.9 Å². The topological polar surface area (TPSA) is 59.3 Å². The maximum atomic E-state index is 10.6. The van der Waals surface area contributed by atoms with Gasteiger partial charge in [0.2, 0.25) is 5.95 Å². The molecule has 0 fully saturated rings. The molecule has 0 bridgehead atoms. The van der Waals surface area contributed by atoms with Gasteiger partial charge in [-0.1, -0.05) is 72.8 Å². The number of para-hydroxylation sites is 2. The number of aromatic nitrogens is 2. The molecule has 148 valence electrons. The number of aliphatic hydroxyl groups excluding tert-OH is 1. The number of hydrogen-bond donors (Lipinski definition) is 2. The van der Waals surface area contributed by atoms with Crippen molar-refractivity contribution in [2.45, 2.75) is 25.8 Å². The molecule has 1 heterocycles. The van der Waals surface area contributed by atoms with Crippen LogP contribution >= 0.6 is 0 Å². The Morgan fingerprint density at radius 3 is 2.28 bits per heavy atom. The third kappa shape index (κ3) is 5.02. The van der Waals surface area contributed by atoms with Gasteiger partial charge in [0.15, 0.2) is 0 Å². The van der Waals surface area contributed by atoms with Crippen LogP contribution in [0, 0.1) is 0 Å². The van der Waals surface area contributed by atoms with Gasteiger partial charge in [-0.15, -0.1) is 0 Å². The van der Waals surface area contributed by atoms with Gasteiger partial charge in [-0.3, -0.25) is 0 Å². The summed E-state index contributed by atoms with van der Waals surface area (Å²) in [6.45, 7) is 1.83. The number of ether oxygens (including phenoxy) is 1. The first-order valence-corrected chi connectivity index (χ1v) is 9.82. The molecule has 29 heavy (non-hydrogen) atoms. The van der Waals surface area contributed by atoms with Crippen LogP contribution in [0.25, 0.3) is 11.0 Å². The van der Waals surface area contributed by atoms with E-state index in [0.29, 0.717) is 19.7 Å². The van der Waals surface area contributed by atoms with Gasteiger partial charge in [0, 0.05) is 6.54 Å². The Hall–Kier alpha value is -3.15. The van der Waals surface area contributed by atoms with Crippen molar-refractivity contribution < 1.29 is 9.84 Å². The van der Waals surface area contributed by atoms with Gasteiger partial charge in [0.05, 0.1) is 36.9 Å². The van der Waals surface area contributed by atoms with E-state index in [2.05, 4.69) is 17.4 Å². The predicted octanol–water partition coefficient (Wildman–Crippen LogP) is 4.23. The Kier molecular flexibility index (Phi) is 6.19. The van der Waals surface area contributed by atoms with E-state index in [1.807, 2.05) is 77.4 Å². The van der Waals surface area contributed by atoms with E-state index in [4.69, 9.17) is 9.72 Å². The van der Waals surface area contributed by atoms with Gasteiger partial charge >= 0.3 is 0 Å². The number of fused-ring (bicyclic) bond motifs is 1. The van der Waals surface area contributed by atoms with Crippen molar-refractivity contribution >= 4 is 17.0 Å². The number of anilines is 1. The number of aliphatic hydroxyl groups is 1. The lowest BCUT2D eigenvalue weighted by Gasteiger charge is -2.16. The van der Waals surface area contributed by atoms with Crippen molar-refractivity contribution in [3.63, 3.8) is 0 Å². The monoisotopic (exact) mass is 387 g/mol. The van der Waals surface area contributed by atoms with E-state index >= 15 is 0 Å². The normalized spacial score (nSPS) is 12.2. The second-order valence-electron chi connectivity index (χ2n) is 7.03. The van der Waals surface area contributed by atoms with Crippen molar-refractivity contribution in [1.82, 2.24) is 9.55 Å². The van der Waals surface area contributed by atoms with E-state index in [-0.39, 0.29) is 6.61 Å². The number of rotatable bonds is 9. The first-order valence-electron chi connectivity index (χ1n) is 9.82. The summed E-state index contributed by atoms with van der Waals surface area (Å²) in [5.74, 6) is 0.747. The molecule has 0 spiro atoms. The molecule has 0 unspecified atom stereocenters. The number of nitrogens with zero attached hydrogens (tertiary/aromatic N) is 2. The summed E-state index contributed by atoms with van der Waals surface area (Å²) in [6, 6.07) is 28.1. The van der Waals surface area contributed by atoms with Gasteiger partial charge in [-0.05, 0) is 23.3 Å². The molecular formula is C24H25N3O2. The fraction of sp³-hybridized carbons (Fsp3) is 0.208. The van der Waals surface area contributed by atoms with Crippen LogP contribution in [0.4, 0.5) is 5.95 Å². The Balaban J connectivity index is 1.43. The van der Waals surface area contributed by atoms with Crippen LogP contribution in [0.3, 0.4) is 0 Å². The summed E-state index contributed by atoms with van der Waals surface area (Å²) in [5.41, 5.74) is 4.17. The quantitative estimate of drug-likeness (QED) is 0.451. The third-order valence-electron chi connectivity index (χ3n) is 4.76. The molecule has 0 aliphatic rings. The summed E-state index contributed by atoms with van der Waals surface area (Å²) in [7, 11) is 0. The van der Waals surface area contributed by atoms with E-state index in [0.717, 1.165) is 22.5 Å². The van der Waals surface area contributed by atoms with E-state index in [1.165, 1.54) is 5.56 Å². The number of nitrogens with one attached hydrogen (secondary N) is 1. The summed E-state index contributed by atoms with van der Waals surface area (Å²) < 4.78 is 7.73. The molecule has 5 heteroatoms. The molecule has 4 aromatic rings. The van der Waals surface area contributed by atoms with Crippen LogP contribution in [0.15, 0.2) is 84.9 Å². The summed E-state index contributed by atoms with van der Waals surface area (Å²) in [5, 5.41) is 14.0. The maximum absolute atomic E-state index is 10.6. The zero-order valence-electron chi connectivity index (χ0n) is 16.2. The third-order valence-corrected chi connectivity index (χ3v) is 4.76. The lowest BCUT2D eigenvalue weighted by molar-refractivity contribution is 0.0211. The maximum Gasteiger partial charge on any atom is 0.204 e. The van der Waals surface area contributed by atoms with Gasteiger partial charge in [-0.25, -0.2) is 4.98 Å². The standard InChI is InChI=1S/C24H25N3O2/c28-21(18-29-17-20-11-5-2-6-12-20)16-27-23-14-8-7-13-22(23)26-24(27)25-15-19-9-3-1-4-10-19/h1-14,21,28H,15-18H2,(H,25,26)/t21-/m1/s1. The molecule has 0 aliphatic heterocycles. The first kappa shape index (κ1) is 19.2. The highest BCUT2D eigenvalue weighted by Crippen LogP contribution is 2.21. The van der Waals surface area contributed by atoms with Crippen molar-refractivity contribution in [1.29, 1.82) is 0 Å². The minimum atomic E-state index is -0.631. The fourth-order valence-electron chi connectivity index (χ4n) is 3.32. The van der Waals surface area contributed by atoms with Crippen LogP contribution < -0.4 is 5.32 Å². The highest BCUT2D eigenvalue weighted by Gasteiger charge is 2.14. The SMILES string of the molecule is O[C@@H](COCc1ccccc1)Cn1c(NCc2ccccc2)nc2ccccc21. The van der Waals surface area contributed by atoms with Crippen molar-refractivity contribution in [3.05, 3.63) is 96.1 Å². The average Bonchev–Trinajstić information content (AvgIpc) is 3.11. The summed E-state index contributed by atoms with van der Waals surface area (Å²) in [6.07, 6.45) is -0.631. The van der Waals surface area contributed by atoms with Crippen molar-refractivity contribution in [2.24, 2.45) is 0 Å². The lowest BCUT2D eigenvalue weighted by Crippen LogP contribution is -2.23. The molecular weight excluding hydrogens is 362 g/mol. The van der Waals surface area contributed by atoms with E-state index in [9.17, 15) is 5.11 Å². The zero-order chi connectivity index (χ0) is 19.9. The molecule has 1 atom stereocenters. The Labute approximate surface area is 170 Å². The molecule has 0 saturated heterocycles. The summed E-state index contributed by atoms with van der Waals surface area (Å²) >= 11 is 0. The smallest absolute Gasteiger partial charge is 0.204 e. The van der Waals surface area contributed by atoms with Gasteiger partial charge in [0.25, 0.3) is 0 Å². The Morgan fingerprint density at radius 2 is 1.52 bits per heavy atom. The van der Waals surface area contributed by atoms with Crippen LogP contribution in [-0.2, 0) is 24.4 Å². The molecule has 5 nitrogen and oxygen atoms in total. The van der Waals surface area contributed by atoms with Crippen LogP contribution in [0.1, 0.15) is 11.1 Å². The van der Waals surface area contributed by atoms with Crippen LogP contribution in [0.5, 0.6) is 0 Å². The van der Waals surface area contributed by atoms with Crippen LogP contribution in [-0.4, -0.2) is 27.4 Å². The largest absolute Gasteiger partial charge is 0.389 e. The van der Waals surface area contributed by atoms with Crippen LogP contribution in [0.2, 0.25) is 0 Å². The highest BCUT2D eigenvalue weighted by molar-refractivity contribution is 5.78. The fourth-order valence-corrected chi connectivity index (χ4v) is 3.32. The summed E-state index contributed by atoms with van der Waals surface area (Å²) in [4.78, 5) is 4.71. The number of imidazole rings is 1. The zero-order valence-corrected chi connectivity index (χ0v) is 16.2. The molecule has 0 aliphatic carbocycles. The van der Waals surface area contributed by atoms with Gasteiger partial charge < -0.3 is 19.7 Å². The lowest BCUT2D eigenvalue weighted by atomic mass is 10.2. The average molecular weight is 387 g/mol. The molecule has 3 aromatic carbocycles.